The Morgan fingerprint density at radius 3 is 2.23 bits per heavy atom. The summed E-state index contributed by atoms with van der Waals surface area (Å²) in [5.41, 5.74) is 1.42. The van der Waals surface area contributed by atoms with Crippen molar-refractivity contribution in [2.75, 3.05) is 14.2 Å². The molecule has 1 aromatic heterocycles. The van der Waals surface area contributed by atoms with Crippen LogP contribution in [0.1, 0.15) is 32.6 Å². The lowest BCUT2D eigenvalue weighted by Gasteiger charge is -2.12. The van der Waals surface area contributed by atoms with Crippen molar-refractivity contribution in [1.29, 1.82) is 0 Å². The minimum atomic E-state index is -0.136. The smallest absolute Gasteiger partial charge is 0.251 e. The number of carbonyl (C=O) groups excluding carboxylic acids is 1. The lowest BCUT2D eigenvalue weighted by Crippen LogP contribution is -2.22. The first-order valence-electron chi connectivity index (χ1n) is 7.17. The number of aryl methyl sites for hydroxylation is 1. The monoisotopic (exact) mass is 319 g/mol. The molecule has 0 aliphatic carbocycles. The number of hydrogen-bond donors (Lipinski definition) is 1. The van der Waals surface area contributed by atoms with Crippen molar-refractivity contribution in [1.82, 2.24) is 5.32 Å². The molecule has 5 heteroatoms. The van der Waals surface area contributed by atoms with E-state index in [0.717, 1.165) is 16.9 Å². The Morgan fingerprint density at radius 2 is 1.73 bits per heavy atom. The summed E-state index contributed by atoms with van der Waals surface area (Å²) in [6.07, 6.45) is 1.02. The van der Waals surface area contributed by atoms with Crippen LogP contribution in [0.15, 0.2) is 24.3 Å². The maximum atomic E-state index is 12.3. The fourth-order valence-electron chi connectivity index (χ4n) is 2.19. The molecule has 1 heterocycles. The van der Waals surface area contributed by atoms with Gasteiger partial charge in [-0.2, -0.15) is 0 Å². The van der Waals surface area contributed by atoms with Crippen LogP contribution in [0.5, 0.6) is 11.5 Å². The number of benzene rings is 1. The van der Waals surface area contributed by atoms with E-state index in [4.69, 9.17) is 9.47 Å². The molecule has 118 valence electrons. The summed E-state index contributed by atoms with van der Waals surface area (Å²) < 4.78 is 10.6. The number of methoxy groups -OCH3 is 2. The van der Waals surface area contributed by atoms with E-state index in [1.165, 1.54) is 4.88 Å². The van der Waals surface area contributed by atoms with Crippen molar-refractivity contribution in [3.8, 4) is 11.5 Å². The molecule has 0 bridgehead atoms. The Morgan fingerprint density at radius 1 is 1.14 bits per heavy atom. The minimum Gasteiger partial charge on any atom is -0.496 e. The van der Waals surface area contributed by atoms with E-state index >= 15 is 0 Å². The first-order valence-corrected chi connectivity index (χ1v) is 7.99. The topological polar surface area (TPSA) is 47.6 Å². The van der Waals surface area contributed by atoms with E-state index in [1.807, 2.05) is 6.92 Å². The highest BCUT2D eigenvalue weighted by Gasteiger charge is 2.13. The zero-order valence-electron chi connectivity index (χ0n) is 13.4. The van der Waals surface area contributed by atoms with Crippen LogP contribution in [0.4, 0.5) is 0 Å². The van der Waals surface area contributed by atoms with E-state index in [9.17, 15) is 4.79 Å². The molecule has 0 saturated carbocycles. The van der Waals surface area contributed by atoms with Gasteiger partial charge in [-0.05, 0) is 37.6 Å². The molecule has 0 aliphatic heterocycles. The van der Waals surface area contributed by atoms with Gasteiger partial charge in [-0.3, -0.25) is 4.79 Å². The third-order valence-corrected chi connectivity index (χ3v) is 4.73. The van der Waals surface area contributed by atoms with Crippen molar-refractivity contribution >= 4 is 17.2 Å². The first kappa shape index (κ1) is 16.4. The SMILES string of the molecule is CCc1ccc(CNC(=O)c2cc(OC)c(C)c(OC)c2)s1. The van der Waals surface area contributed by atoms with Gasteiger partial charge in [0.25, 0.3) is 5.91 Å². The second-order valence-corrected chi connectivity index (χ2v) is 6.16. The summed E-state index contributed by atoms with van der Waals surface area (Å²) >= 11 is 1.72. The van der Waals surface area contributed by atoms with Gasteiger partial charge in [0, 0.05) is 20.9 Å². The van der Waals surface area contributed by atoms with Crippen molar-refractivity contribution in [2.45, 2.75) is 26.8 Å². The molecule has 22 heavy (non-hydrogen) atoms. The molecule has 0 radical (unpaired) electrons. The van der Waals surface area contributed by atoms with E-state index < -0.39 is 0 Å². The molecule has 2 rings (SSSR count). The summed E-state index contributed by atoms with van der Waals surface area (Å²) in [5.74, 6) is 1.16. The Kier molecular flexibility index (Phi) is 5.44. The summed E-state index contributed by atoms with van der Waals surface area (Å²) in [7, 11) is 3.17. The van der Waals surface area contributed by atoms with Crippen LogP contribution in [-0.2, 0) is 13.0 Å². The van der Waals surface area contributed by atoms with E-state index in [-0.39, 0.29) is 5.91 Å². The molecule has 4 nitrogen and oxygen atoms in total. The molecule has 0 saturated heterocycles. The summed E-state index contributed by atoms with van der Waals surface area (Å²) in [6.45, 7) is 4.55. The average molecular weight is 319 g/mol. The third kappa shape index (κ3) is 3.60. The third-order valence-electron chi connectivity index (χ3n) is 3.50. The van der Waals surface area contributed by atoms with Crippen molar-refractivity contribution < 1.29 is 14.3 Å². The molecule has 0 aliphatic rings. The highest BCUT2D eigenvalue weighted by Crippen LogP contribution is 2.29. The van der Waals surface area contributed by atoms with Crippen molar-refractivity contribution in [3.63, 3.8) is 0 Å². The molecule has 2 aromatic rings. The van der Waals surface area contributed by atoms with Crippen LogP contribution in [0, 0.1) is 6.92 Å². The molecule has 0 unspecified atom stereocenters. The lowest BCUT2D eigenvalue weighted by atomic mass is 10.1. The van der Waals surface area contributed by atoms with Crippen LogP contribution < -0.4 is 14.8 Å². The van der Waals surface area contributed by atoms with Crippen LogP contribution in [0.2, 0.25) is 0 Å². The Hall–Kier alpha value is -2.01. The standard InChI is InChI=1S/C17H21NO3S/c1-5-13-6-7-14(22-13)10-18-17(19)12-8-15(20-3)11(2)16(9-12)21-4/h6-9H,5,10H2,1-4H3,(H,18,19). The summed E-state index contributed by atoms with van der Waals surface area (Å²) in [6, 6.07) is 7.63. The van der Waals surface area contributed by atoms with Crippen LogP contribution in [0.3, 0.4) is 0 Å². The molecule has 1 aromatic carbocycles. The molecule has 1 amide bonds. The fourth-order valence-corrected chi connectivity index (χ4v) is 3.09. The van der Waals surface area contributed by atoms with E-state index in [1.54, 1.807) is 37.7 Å². The molecule has 1 N–H and O–H groups in total. The number of ether oxygens (including phenoxy) is 2. The van der Waals surface area contributed by atoms with Gasteiger partial charge >= 0.3 is 0 Å². The number of carbonyl (C=O) groups is 1. The largest absolute Gasteiger partial charge is 0.496 e. The maximum Gasteiger partial charge on any atom is 0.251 e. The second kappa shape index (κ2) is 7.31. The van der Waals surface area contributed by atoms with Gasteiger partial charge in [0.15, 0.2) is 0 Å². The predicted octanol–water partition coefficient (Wildman–Crippen LogP) is 3.57. The number of rotatable bonds is 6. The van der Waals surface area contributed by atoms with E-state index in [0.29, 0.717) is 23.6 Å². The normalized spacial score (nSPS) is 10.4. The number of thiophene rings is 1. The molecular weight excluding hydrogens is 298 g/mol. The summed E-state index contributed by atoms with van der Waals surface area (Å²) in [5, 5.41) is 2.94. The van der Waals surface area contributed by atoms with Gasteiger partial charge in [0.2, 0.25) is 0 Å². The number of nitrogens with one attached hydrogen (secondary N) is 1. The van der Waals surface area contributed by atoms with Gasteiger partial charge < -0.3 is 14.8 Å². The molecule has 0 spiro atoms. The quantitative estimate of drug-likeness (QED) is 0.885. The Balaban J connectivity index is 2.11. The number of hydrogen-bond acceptors (Lipinski definition) is 4. The van der Waals surface area contributed by atoms with Gasteiger partial charge in [-0.1, -0.05) is 6.92 Å². The second-order valence-electron chi connectivity index (χ2n) is 4.91. The fraction of sp³-hybridized carbons (Fsp3) is 0.353. The zero-order valence-corrected chi connectivity index (χ0v) is 14.2. The van der Waals surface area contributed by atoms with Gasteiger partial charge in [-0.15, -0.1) is 11.3 Å². The molecular formula is C17H21NO3S. The van der Waals surface area contributed by atoms with Gasteiger partial charge in [-0.25, -0.2) is 0 Å². The molecule has 0 atom stereocenters. The highest BCUT2D eigenvalue weighted by atomic mass is 32.1. The Labute approximate surface area is 135 Å². The van der Waals surface area contributed by atoms with Crippen LogP contribution in [-0.4, -0.2) is 20.1 Å². The average Bonchev–Trinajstić information content (AvgIpc) is 3.00. The molecule has 0 fully saturated rings. The van der Waals surface area contributed by atoms with Crippen molar-refractivity contribution in [2.24, 2.45) is 0 Å². The predicted molar refractivity (Wildman–Crippen MR) is 89.2 cm³/mol. The van der Waals surface area contributed by atoms with Gasteiger partial charge in [0.1, 0.15) is 11.5 Å². The highest BCUT2D eigenvalue weighted by molar-refractivity contribution is 7.11. The minimum absolute atomic E-state index is 0.136. The zero-order chi connectivity index (χ0) is 16.1. The van der Waals surface area contributed by atoms with Crippen LogP contribution in [0.25, 0.3) is 0 Å². The van der Waals surface area contributed by atoms with Crippen LogP contribution >= 0.6 is 11.3 Å². The first-order chi connectivity index (χ1) is 10.6. The lowest BCUT2D eigenvalue weighted by molar-refractivity contribution is 0.0950. The number of amides is 1. The Bertz CT molecular complexity index is 639. The van der Waals surface area contributed by atoms with E-state index in [2.05, 4.69) is 24.4 Å². The van der Waals surface area contributed by atoms with Crippen molar-refractivity contribution in [3.05, 3.63) is 45.1 Å². The van der Waals surface area contributed by atoms with Gasteiger partial charge in [0.05, 0.1) is 20.8 Å². The maximum absolute atomic E-state index is 12.3. The summed E-state index contributed by atoms with van der Waals surface area (Å²) in [4.78, 5) is 14.8.